The Labute approximate surface area is 127 Å². The third kappa shape index (κ3) is 2.93. The molecule has 2 heterocycles. The summed E-state index contributed by atoms with van der Waals surface area (Å²) in [5, 5.41) is 0.803. The lowest BCUT2D eigenvalue weighted by molar-refractivity contribution is 0.285. The molecule has 3 nitrogen and oxygen atoms in total. The summed E-state index contributed by atoms with van der Waals surface area (Å²) in [5.74, 6) is -0.576. The molecule has 2 aromatic heterocycles. The quantitative estimate of drug-likeness (QED) is 0.718. The molecule has 0 amide bonds. The van der Waals surface area contributed by atoms with Crippen LogP contribution in [0.1, 0.15) is 31.2 Å². The molecule has 0 spiro atoms. The number of fused-ring (bicyclic) bond motifs is 1. The number of benzene rings is 1. The van der Waals surface area contributed by atoms with Gasteiger partial charge in [-0.2, -0.15) is 4.39 Å². The van der Waals surface area contributed by atoms with Gasteiger partial charge in [0.05, 0.1) is 5.69 Å². The van der Waals surface area contributed by atoms with Crippen molar-refractivity contribution in [3.8, 4) is 5.75 Å². The first kappa shape index (κ1) is 14.5. The van der Waals surface area contributed by atoms with Crippen LogP contribution in [0.3, 0.4) is 0 Å². The lowest BCUT2D eigenvalue weighted by Gasteiger charge is -2.07. The summed E-state index contributed by atoms with van der Waals surface area (Å²) in [6, 6.07) is 9.41. The number of ether oxygens (including phenoxy) is 1. The molecule has 22 heavy (non-hydrogen) atoms. The second kappa shape index (κ2) is 5.75. The van der Waals surface area contributed by atoms with Gasteiger partial charge in [0, 0.05) is 22.7 Å². The number of aromatic amines is 1. The summed E-state index contributed by atoms with van der Waals surface area (Å²) < 4.78 is 32.5. The Morgan fingerprint density at radius 1 is 1.18 bits per heavy atom. The first-order chi connectivity index (χ1) is 10.5. The van der Waals surface area contributed by atoms with Gasteiger partial charge < -0.3 is 9.72 Å². The fourth-order valence-corrected chi connectivity index (χ4v) is 2.26. The molecule has 114 valence electrons. The zero-order valence-electron chi connectivity index (χ0n) is 12.4. The summed E-state index contributed by atoms with van der Waals surface area (Å²) in [4.78, 5) is 6.93. The Kier molecular flexibility index (Phi) is 3.79. The number of pyridine rings is 1. The molecule has 0 atom stereocenters. The third-order valence-electron chi connectivity index (χ3n) is 3.46. The molecule has 0 fully saturated rings. The summed E-state index contributed by atoms with van der Waals surface area (Å²) in [6.45, 7) is 4.14. The predicted molar refractivity (Wildman–Crippen MR) is 80.9 cm³/mol. The van der Waals surface area contributed by atoms with Crippen molar-refractivity contribution < 1.29 is 13.5 Å². The fraction of sp³-hybridized carbons (Fsp3) is 0.235. The van der Waals surface area contributed by atoms with E-state index < -0.39 is 11.8 Å². The van der Waals surface area contributed by atoms with Gasteiger partial charge in [0.25, 0.3) is 0 Å². The van der Waals surface area contributed by atoms with Gasteiger partial charge in [-0.3, -0.25) is 0 Å². The van der Waals surface area contributed by atoms with Gasteiger partial charge in [-0.15, -0.1) is 0 Å². The van der Waals surface area contributed by atoms with Crippen LogP contribution >= 0.6 is 0 Å². The van der Waals surface area contributed by atoms with E-state index in [2.05, 4.69) is 23.8 Å². The predicted octanol–water partition coefficient (Wildman–Crippen LogP) is 4.54. The van der Waals surface area contributed by atoms with E-state index in [1.54, 1.807) is 18.2 Å². The monoisotopic (exact) mass is 302 g/mol. The van der Waals surface area contributed by atoms with E-state index in [0.29, 0.717) is 11.6 Å². The van der Waals surface area contributed by atoms with Crippen LogP contribution in [0, 0.1) is 11.8 Å². The molecule has 3 rings (SSSR count). The van der Waals surface area contributed by atoms with Crippen LogP contribution < -0.4 is 4.74 Å². The van der Waals surface area contributed by atoms with Crippen LogP contribution in [0.25, 0.3) is 10.9 Å². The van der Waals surface area contributed by atoms with Crippen molar-refractivity contribution in [2.75, 3.05) is 0 Å². The Bertz CT molecular complexity index is 812. The van der Waals surface area contributed by atoms with Gasteiger partial charge in [-0.25, -0.2) is 9.37 Å². The second-order valence-corrected chi connectivity index (χ2v) is 5.49. The van der Waals surface area contributed by atoms with Gasteiger partial charge in [-0.05, 0) is 30.2 Å². The molecule has 0 aliphatic rings. The second-order valence-electron chi connectivity index (χ2n) is 5.49. The SMILES string of the molecule is CC(C)c1cc2cc(F)c(OCc3cccc(F)n3)cc2[nH]1. The van der Waals surface area contributed by atoms with Crippen LogP contribution in [-0.2, 0) is 6.61 Å². The van der Waals surface area contributed by atoms with Crippen LogP contribution in [0.4, 0.5) is 8.78 Å². The van der Waals surface area contributed by atoms with Crippen molar-refractivity contribution in [1.29, 1.82) is 0 Å². The largest absolute Gasteiger partial charge is 0.484 e. The smallest absolute Gasteiger partial charge is 0.213 e. The third-order valence-corrected chi connectivity index (χ3v) is 3.46. The van der Waals surface area contributed by atoms with Crippen molar-refractivity contribution in [3.63, 3.8) is 0 Å². The molecule has 3 aromatic rings. The van der Waals surface area contributed by atoms with E-state index >= 15 is 0 Å². The van der Waals surface area contributed by atoms with Crippen molar-refractivity contribution in [1.82, 2.24) is 9.97 Å². The molecule has 0 radical (unpaired) electrons. The average molecular weight is 302 g/mol. The van der Waals surface area contributed by atoms with Gasteiger partial charge in [0.2, 0.25) is 5.95 Å². The first-order valence-corrected chi connectivity index (χ1v) is 7.09. The molecule has 0 bridgehead atoms. The van der Waals surface area contributed by atoms with Gasteiger partial charge in [-0.1, -0.05) is 19.9 Å². The van der Waals surface area contributed by atoms with Crippen LogP contribution in [0.5, 0.6) is 5.75 Å². The number of H-pyrrole nitrogens is 1. The minimum absolute atomic E-state index is 0.0118. The average Bonchev–Trinajstić information content (AvgIpc) is 2.88. The van der Waals surface area contributed by atoms with E-state index in [1.165, 1.54) is 12.1 Å². The van der Waals surface area contributed by atoms with E-state index in [4.69, 9.17) is 4.74 Å². The van der Waals surface area contributed by atoms with E-state index in [9.17, 15) is 8.78 Å². The lowest BCUT2D eigenvalue weighted by atomic mass is 10.1. The van der Waals surface area contributed by atoms with Crippen molar-refractivity contribution in [3.05, 3.63) is 59.6 Å². The highest BCUT2D eigenvalue weighted by molar-refractivity contribution is 5.82. The number of aromatic nitrogens is 2. The van der Waals surface area contributed by atoms with Crippen molar-refractivity contribution >= 4 is 10.9 Å². The summed E-state index contributed by atoms with van der Waals surface area (Å²) in [5.41, 5.74) is 2.26. The number of halogens is 2. The van der Waals surface area contributed by atoms with Crippen molar-refractivity contribution in [2.45, 2.75) is 26.4 Å². The molecule has 0 saturated carbocycles. The van der Waals surface area contributed by atoms with E-state index in [0.717, 1.165) is 16.6 Å². The van der Waals surface area contributed by atoms with E-state index in [-0.39, 0.29) is 12.4 Å². The normalized spacial score (nSPS) is 11.3. The summed E-state index contributed by atoms with van der Waals surface area (Å²) >= 11 is 0. The summed E-state index contributed by atoms with van der Waals surface area (Å²) in [6.07, 6.45) is 0. The Morgan fingerprint density at radius 3 is 2.73 bits per heavy atom. The van der Waals surface area contributed by atoms with Gasteiger partial charge >= 0.3 is 0 Å². The lowest BCUT2D eigenvalue weighted by Crippen LogP contribution is -2.00. The van der Waals surface area contributed by atoms with Crippen molar-refractivity contribution in [2.24, 2.45) is 0 Å². The summed E-state index contributed by atoms with van der Waals surface area (Å²) in [7, 11) is 0. The number of rotatable bonds is 4. The highest BCUT2D eigenvalue weighted by atomic mass is 19.1. The molecule has 0 unspecified atom stereocenters. The molecule has 5 heteroatoms. The number of nitrogens with zero attached hydrogens (tertiary/aromatic N) is 1. The zero-order valence-corrected chi connectivity index (χ0v) is 12.4. The molecule has 0 aliphatic carbocycles. The van der Waals surface area contributed by atoms with Crippen LogP contribution in [0.15, 0.2) is 36.4 Å². The molecule has 0 saturated heterocycles. The molecular weight excluding hydrogens is 286 g/mol. The maximum Gasteiger partial charge on any atom is 0.213 e. The maximum atomic E-state index is 14.1. The molecule has 0 aliphatic heterocycles. The topological polar surface area (TPSA) is 37.9 Å². The van der Waals surface area contributed by atoms with E-state index in [1.807, 2.05) is 6.07 Å². The molecular formula is C17H16F2N2O. The van der Waals surface area contributed by atoms with Crippen LogP contribution in [-0.4, -0.2) is 9.97 Å². The Hall–Kier alpha value is -2.43. The highest BCUT2D eigenvalue weighted by Crippen LogP contribution is 2.28. The minimum atomic E-state index is -0.581. The first-order valence-electron chi connectivity index (χ1n) is 7.09. The van der Waals surface area contributed by atoms with Crippen LogP contribution in [0.2, 0.25) is 0 Å². The fourth-order valence-electron chi connectivity index (χ4n) is 2.26. The van der Waals surface area contributed by atoms with Gasteiger partial charge in [0.15, 0.2) is 11.6 Å². The Morgan fingerprint density at radius 2 is 2.00 bits per heavy atom. The Balaban J connectivity index is 1.85. The molecule has 1 aromatic carbocycles. The molecule has 1 N–H and O–H groups in total. The van der Waals surface area contributed by atoms with Gasteiger partial charge in [0.1, 0.15) is 6.61 Å². The maximum absolute atomic E-state index is 14.1. The standard InChI is InChI=1S/C17H16F2N2O/c1-10(2)14-7-11-6-13(18)16(8-15(11)21-14)22-9-12-4-3-5-17(19)20-12/h3-8,10,21H,9H2,1-2H3. The number of nitrogens with one attached hydrogen (secondary N) is 1. The zero-order chi connectivity index (χ0) is 15.7. The number of hydrogen-bond donors (Lipinski definition) is 1. The number of hydrogen-bond acceptors (Lipinski definition) is 2. The minimum Gasteiger partial charge on any atom is -0.484 e. The highest BCUT2D eigenvalue weighted by Gasteiger charge is 2.11.